The van der Waals surface area contributed by atoms with Crippen molar-refractivity contribution in [2.24, 2.45) is 0 Å². The molecule has 0 bridgehead atoms. The number of H-pyrrole nitrogens is 1. The van der Waals surface area contributed by atoms with E-state index >= 15 is 0 Å². The minimum absolute atomic E-state index is 0.00900. The van der Waals surface area contributed by atoms with Gasteiger partial charge < -0.3 is 10.1 Å². The standard InChI is InChI=1S/C25H17FN2O3/c26-16-10-12-17(13-11-16)28-22(19-14-27-20-9-5-4-8-18(19)20)21(24(30)25(28)31)23(29)15-6-2-1-3-7-15/h1-14,22,27,29H/b23-21+. The van der Waals surface area contributed by atoms with Crippen molar-refractivity contribution in [3.05, 3.63) is 108 Å². The van der Waals surface area contributed by atoms with Crippen LogP contribution in [0.2, 0.25) is 0 Å². The maximum absolute atomic E-state index is 13.5. The number of hydrogen-bond donors (Lipinski definition) is 2. The van der Waals surface area contributed by atoms with Crippen LogP contribution in [0.15, 0.2) is 90.6 Å². The van der Waals surface area contributed by atoms with E-state index in [0.29, 0.717) is 16.8 Å². The number of nitrogens with zero attached hydrogens (tertiary/aromatic N) is 1. The Morgan fingerprint density at radius 1 is 0.903 bits per heavy atom. The number of aliphatic hydroxyl groups is 1. The number of rotatable bonds is 3. The van der Waals surface area contributed by atoms with Gasteiger partial charge in [0.15, 0.2) is 0 Å². The van der Waals surface area contributed by atoms with Gasteiger partial charge in [-0.3, -0.25) is 14.5 Å². The monoisotopic (exact) mass is 412 g/mol. The number of carbonyl (C=O) groups is 2. The molecule has 6 heteroatoms. The third-order valence-electron chi connectivity index (χ3n) is 5.51. The molecule has 152 valence electrons. The molecule has 0 aliphatic carbocycles. The summed E-state index contributed by atoms with van der Waals surface area (Å²) in [7, 11) is 0. The lowest BCUT2D eigenvalue weighted by Crippen LogP contribution is -2.29. The van der Waals surface area contributed by atoms with Gasteiger partial charge in [-0.15, -0.1) is 0 Å². The molecule has 1 aliphatic rings. The third kappa shape index (κ3) is 3.00. The van der Waals surface area contributed by atoms with Crippen molar-refractivity contribution in [1.29, 1.82) is 0 Å². The Bertz CT molecular complexity index is 1340. The Labute approximate surface area is 177 Å². The van der Waals surface area contributed by atoms with Gasteiger partial charge in [-0.05, 0) is 30.3 Å². The molecule has 0 saturated carbocycles. The van der Waals surface area contributed by atoms with Crippen LogP contribution in [-0.2, 0) is 9.59 Å². The summed E-state index contributed by atoms with van der Waals surface area (Å²) in [5, 5.41) is 11.9. The summed E-state index contributed by atoms with van der Waals surface area (Å²) < 4.78 is 13.5. The second-order valence-electron chi connectivity index (χ2n) is 7.30. The summed E-state index contributed by atoms with van der Waals surface area (Å²) in [5.74, 6) is -2.27. The average Bonchev–Trinajstić information content (AvgIpc) is 3.33. The van der Waals surface area contributed by atoms with Gasteiger partial charge in [0.25, 0.3) is 11.7 Å². The molecular formula is C25H17FN2O3. The first kappa shape index (κ1) is 18.8. The Hall–Kier alpha value is -4.19. The number of amides is 1. The van der Waals surface area contributed by atoms with Gasteiger partial charge in [0.05, 0.1) is 11.6 Å². The first-order chi connectivity index (χ1) is 15.1. The second kappa shape index (κ2) is 7.25. The van der Waals surface area contributed by atoms with E-state index in [2.05, 4.69) is 4.98 Å². The Balaban J connectivity index is 1.78. The number of anilines is 1. The van der Waals surface area contributed by atoms with Crippen LogP contribution in [0.1, 0.15) is 17.2 Å². The fraction of sp³-hybridized carbons (Fsp3) is 0.0400. The maximum Gasteiger partial charge on any atom is 0.300 e. The van der Waals surface area contributed by atoms with Crippen LogP contribution in [-0.4, -0.2) is 21.8 Å². The van der Waals surface area contributed by atoms with E-state index in [4.69, 9.17) is 0 Å². The lowest BCUT2D eigenvalue weighted by Gasteiger charge is -2.25. The van der Waals surface area contributed by atoms with Crippen LogP contribution in [0.4, 0.5) is 10.1 Å². The molecule has 1 fully saturated rings. The third-order valence-corrected chi connectivity index (χ3v) is 5.51. The van der Waals surface area contributed by atoms with Crippen molar-refractivity contribution in [1.82, 2.24) is 4.98 Å². The number of para-hydroxylation sites is 1. The smallest absolute Gasteiger partial charge is 0.300 e. The lowest BCUT2D eigenvalue weighted by molar-refractivity contribution is -0.132. The highest BCUT2D eigenvalue weighted by molar-refractivity contribution is 6.51. The predicted octanol–water partition coefficient (Wildman–Crippen LogP) is 4.93. The number of aromatic amines is 1. The lowest BCUT2D eigenvalue weighted by atomic mass is 9.95. The minimum Gasteiger partial charge on any atom is -0.507 e. The molecule has 3 aromatic carbocycles. The summed E-state index contributed by atoms with van der Waals surface area (Å²) in [4.78, 5) is 30.7. The average molecular weight is 412 g/mol. The number of hydrogen-bond acceptors (Lipinski definition) is 3. The Morgan fingerprint density at radius 2 is 1.58 bits per heavy atom. The highest BCUT2D eigenvalue weighted by Crippen LogP contribution is 2.44. The number of Topliss-reactive ketones (excluding diaryl/α,β-unsaturated/α-hetero) is 1. The number of fused-ring (bicyclic) bond motifs is 1. The van der Waals surface area contributed by atoms with Crippen molar-refractivity contribution in [3.63, 3.8) is 0 Å². The number of aromatic nitrogens is 1. The van der Waals surface area contributed by atoms with Gasteiger partial charge >= 0.3 is 0 Å². The molecule has 5 nitrogen and oxygen atoms in total. The zero-order valence-electron chi connectivity index (χ0n) is 16.2. The maximum atomic E-state index is 13.5. The van der Waals surface area contributed by atoms with Gasteiger partial charge in [0, 0.05) is 33.9 Å². The normalized spacial score (nSPS) is 18.1. The molecule has 0 spiro atoms. The van der Waals surface area contributed by atoms with Gasteiger partial charge in [-0.2, -0.15) is 0 Å². The molecule has 0 radical (unpaired) electrons. The second-order valence-corrected chi connectivity index (χ2v) is 7.30. The molecule has 2 N–H and O–H groups in total. The topological polar surface area (TPSA) is 73.4 Å². The van der Waals surface area contributed by atoms with Crippen molar-refractivity contribution < 1.29 is 19.1 Å². The van der Waals surface area contributed by atoms with Gasteiger partial charge in [-0.25, -0.2) is 4.39 Å². The SMILES string of the molecule is O=C1C(=O)N(c2ccc(F)cc2)C(c2c[nH]c3ccccc23)/C1=C(\O)c1ccccc1. The van der Waals surface area contributed by atoms with E-state index in [9.17, 15) is 19.1 Å². The van der Waals surface area contributed by atoms with Crippen molar-refractivity contribution in [2.45, 2.75) is 6.04 Å². The van der Waals surface area contributed by atoms with E-state index in [0.717, 1.165) is 10.9 Å². The van der Waals surface area contributed by atoms with Crippen LogP contribution >= 0.6 is 0 Å². The van der Waals surface area contributed by atoms with Crippen LogP contribution in [0.5, 0.6) is 0 Å². The predicted molar refractivity (Wildman–Crippen MR) is 116 cm³/mol. The highest BCUT2D eigenvalue weighted by Gasteiger charge is 2.47. The van der Waals surface area contributed by atoms with Crippen molar-refractivity contribution in [2.75, 3.05) is 4.90 Å². The molecule has 1 atom stereocenters. The molecule has 1 saturated heterocycles. The van der Waals surface area contributed by atoms with E-state index in [1.54, 1.807) is 36.5 Å². The fourth-order valence-electron chi connectivity index (χ4n) is 4.07. The first-order valence-electron chi connectivity index (χ1n) is 9.74. The number of carbonyl (C=O) groups excluding carboxylic acids is 2. The van der Waals surface area contributed by atoms with E-state index in [1.165, 1.54) is 29.2 Å². The number of benzene rings is 3. The van der Waals surface area contributed by atoms with Gasteiger partial charge in [-0.1, -0.05) is 48.5 Å². The number of aliphatic hydroxyl groups excluding tert-OH is 1. The van der Waals surface area contributed by atoms with Crippen LogP contribution in [0.3, 0.4) is 0 Å². The quantitative estimate of drug-likeness (QED) is 0.285. The molecule has 1 amide bonds. The molecule has 5 rings (SSSR count). The summed E-state index contributed by atoms with van der Waals surface area (Å²) in [6.45, 7) is 0. The molecule has 4 aromatic rings. The first-order valence-corrected chi connectivity index (χ1v) is 9.74. The number of halogens is 1. The van der Waals surface area contributed by atoms with E-state index < -0.39 is 23.5 Å². The van der Waals surface area contributed by atoms with E-state index in [1.807, 2.05) is 24.3 Å². The molecule has 2 heterocycles. The molecule has 1 unspecified atom stereocenters. The summed E-state index contributed by atoms with van der Waals surface area (Å²) in [6.07, 6.45) is 1.73. The zero-order chi connectivity index (χ0) is 21.5. The van der Waals surface area contributed by atoms with Crippen molar-refractivity contribution in [3.8, 4) is 0 Å². The summed E-state index contributed by atoms with van der Waals surface area (Å²) in [5.41, 5.74) is 2.29. The zero-order valence-corrected chi connectivity index (χ0v) is 16.2. The number of ketones is 1. The van der Waals surface area contributed by atoms with Crippen LogP contribution < -0.4 is 4.90 Å². The summed E-state index contributed by atoms with van der Waals surface area (Å²) in [6, 6.07) is 20.6. The van der Waals surface area contributed by atoms with Crippen LogP contribution in [0, 0.1) is 5.82 Å². The molecule has 31 heavy (non-hydrogen) atoms. The Morgan fingerprint density at radius 3 is 2.32 bits per heavy atom. The van der Waals surface area contributed by atoms with Crippen LogP contribution in [0.25, 0.3) is 16.7 Å². The largest absolute Gasteiger partial charge is 0.507 e. The molecule has 1 aliphatic heterocycles. The van der Waals surface area contributed by atoms with Gasteiger partial charge in [0.2, 0.25) is 0 Å². The fourth-order valence-corrected chi connectivity index (χ4v) is 4.07. The highest BCUT2D eigenvalue weighted by atomic mass is 19.1. The molecule has 1 aromatic heterocycles. The van der Waals surface area contributed by atoms with Gasteiger partial charge in [0.1, 0.15) is 11.6 Å². The molecular weight excluding hydrogens is 395 g/mol. The van der Waals surface area contributed by atoms with E-state index in [-0.39, 0.29) is 11.3 Å². The minimum atomic E-state index is -0.873. The van der Waals surface area contributed by atoms with Crippen molar-refractivity contribution >= 4 is 34.0 Å². The summed E-state index contributed by atoms with van der Waals surface area (Å²) >= 11 is 0. The number of nitrogens with one attached hydrogen (secondary N) is 1. The Kier molecular flexibility index (Phi) is 4.40.